The molecule has 0 aliphatic rings. The lowest BCUT2D eigenvalue weighted by molar-refractivity contribution is -0.140. The number of nitrogens with one attached hydrogen (secondary N) is 1. The van der Waals surface area contributed by atoms with Crippen LogP contribution >= 0.6 is 15.9 Å². The first-order valence-electron chi connectivity index (χ1n) is 12.8. The highest BCUT2D eigenvalue weighted by molar-refractivity contribution is 9.10. The van der Waals surface area contributed by atoms with Crippen LogP contribution in [0.15, 0.2) is 83.3 Å². The molecule has 2 amide bonds. The molecule has 0 spiro atoms. The standard InChI is InChI=1S/C30H36BrN3O4S/c1-22(2)19-32-30(36)28(18-24-8-6-5-7-9-24)33(20-25-12-14-26(31)15-13-25)29(35)21-34(39(4,37)38)27-16-10-23(3)11-17-27/h5-17,22,28H,18-21H2,1-4H3,(H,32,36). The zero-order chi connectivity index (χ0) is 28.6. The van der Waals surface area contributed by atoms with E-state index in [0.29, 0.717) is 12.2 Å². The second-order valence-electron chi connectivity index (χ2n) is 10.1. The first-order chi connectivity index (χ1) is 18.4. The van der Waals surface area contributed by atoms with E-state index in [9.17, 15) is 18.0 Å². The minimum atomic E-state index is -3.79. The normalized spacial score (nSPS) is 12.2. The van der Waals surface area contributed by atoms with Crippen LogP contribution in [-0.2, 0) is 32.6 Å². The third kappa shape index (κ3) is 9.21. The SMILES string of the molecule is Cc1ccc(N(CC(=O)N(Cc2ccc(Br)cc2)C(Cc2ccccc2)C(=O)NCC(C)C)S(C)(=O)=O)cc1. The molecule has 39 heavy (non-hydrogen) atoms. The van der Waals surface area contributed by atoms with Gasteiger partial charge in [-0.3, -0.25) is 13.9 Å². The van der Waals surface area contributed by atoms with Crippen molar-refractivity contribution in [2.45, 2.75) is 39.8 Å². The van der Waals surface area contributed by atoms with E-state index in [-0.39, 0.29) is 24.8 Å². The van der Waals surface area contributed by atoms with Gasteiger partial charge in [-0.2, -0.15) is 0 Å². The Kier molecular flexibility index (Phi) is 10.7. The van der Waals surface area contributed by atoms with Crippen LogP contribution in [0.1, 0.15) is 30.5 Å². The maximum Gasteiger partial charge on any atom is 0.244 e. The van der Waals surface area contributed by atoms with E-state index in [1.54, 1.807) is 24.3 Å². The molecule has 3 aromatic rings. The van der Waals surface area contributed by atoms with Crippen LogP contribution in [0.25, 0.3) is 0 Å². The largest absolute Gasteiger partial charge is 0.354 e. The lowest BCUT2D eigenvalue weighted by atomic mass is 10.0. The van der Waals surface area contributed by atoms with Crippen molar-refractivity contribution in [1.29, 1.82) is 0 Å². The highest BCUT2D eigenvalue weighted by Crippen LogP contribution is 2.21. The van der Waals surface area contributed by atoms with E-state index in [2.05, 4.69) is 21.2 Å². The van der Waals surface area contributed by atoms with Gasteiger partial charge >= 0.3 is 0 Å². The zero-order valence-corrected chi connectivity index (χ0v) is 25.2. The van der Waals surface area contributed by atoms with E-state index in [4.69, 9.17) is 0 Å². The second kappa shape index (κ2) is 13.8. The summed E-state index contributed by atoms with van der Waals surface area (Å²) in [4.78, 5) is 29.1. The van der Waals surface area contributed by atoms with E-state index >= 15 is 0 Å². The summed E-state index contributed by atoms with van der Waals surface area (Å²) in [5, 5.41) is 2.98. The Morgan fingerprint density at radius 3 is 2.08 bits per heavy atom. The number of anilines is 1. The Labute approximate surface area is 240 Å². The van der Waals surface area contributed by atoms with Crippen molar-refractivity contribution < 1.29 is 18.0 Å². The number of amides is 2. The highest BCUT2D eigenvalue weighted by atomic mass is 79.9. The van der Waals surface area contributed by atoms with Crippen molar-refractivity contribution in [2.24, 2.45) is 5.92 Å². The molecule has 0 saturated carbocycles. The molecule has 0 heterocycles. The van der Waals surface area contributed by atoms with Gasteiger partial charge < -0.3 is 10.2 Å². The molecule has 1 atom stereocenters. The van der Waals surface area contributed by atoms with Crippen LogP contribution in [0.5, 0.6) is 0 Å². The summed E-state index contributed by atoms with van der Waals surface area (Å²) in [5.41, 5.74) is 3.08. The van der Waals surface area contributed by atoms with E-state index in [1.165, 1.54) is 4.90 Å². The van der Waals surface area contributed by atoms with Crippen LogP contribution in [0.4, 0.5) is 5.69 Å². The number of carbonyl (C=O) groups is 2. The van der Waals surface area contributed by atoms with Gasteiger partial charge in [0.2, 0.25) is 21.8 Å². The average molecular weight is 615 g/mol. The summed E-state index contributed by atoms with van der Waals surface area (Å²) in [5.74, 6) is -0.520. The van der Waals surface area contributed by atoms with E-state index < -0.39 is 28.5 Å². The van der Waals surface area contributed by atoms with Gasteiger partial charge in [-0.25, -0.2) is 8.42 Å². The van der Waals surface area contributed by atoms with Crippen molar-refractivity contribution in [3.63, 3.8) is 0 Å². The Balaban J connectivity index is 2.03. The van der Waals surface area contributed by atoms with Crippen LogP contribution in [0.2, 0.25) is 0 Å². The molecule has 0 bridgehead atoms. The number of aryl methyl sites for hydroxylation is 1. The Morgan fingerprint density at radius 2 is 1.51 bits per heavy atom. The molecule has 0 fully saturated rings. The predicted octanol–water partition coefficient (Wildman–Crippen LogP) is 4.94. The fraction of sp³-hybridized carbons (Fsp3) is 0.333. The second-order valence-corrected chi connectivity index (χ2v) is 12.9. The van der Waals surface area contributed by atoms with E-state index in [1.807, 2.05) is 75.4 Å². The minimum Gasteiger partial charge on any atom is -0.354 e. The molecule has 0 aliphatic heterocycles. The first kappa shape index (κ1) is 30.4. The number of hydrogen-bond acceptors (Lipinski definition) is 4. The molecular formula is C30H36BrN3O4S. The van der Waals surface area contributed by atoms with Crippen molar-refractivity contribution in [1.82, 2.24) is 10.2 Å². The third-order valence-corrected chi connectivity index (χ3v) is 7.89. The summed E-state index contributed by atoms with van der Waals surface area (Å²) in [6.45, 7) is 6.09. The molecule has 1 N–H and O–H groups in total. The van der Waals surface area contributed by atoms with Crippen molar-refractivity contribution in [3.8, 4) is 0 Å². The van der Waals surface area contributed by atoms with Gasteiger partial charge in [0.25, 0.3) is 0 Å². The molecule has 7 nitrogen and oxygen atoms in total. The summed E-state index contributed by atoms with van der Waals surface area (Å²) in [6.07, 6.45) is 1.37. The van der Waals surface area contributed by atoms with Gasteiger partial charge in [-0.1, -0.05) is 89.9 Å². The average Bonchev–Trinajstić information content (AvgIpc) is 2.89. The monoisotopic (exact) mass is 613 g/mol. The van der Waals surface area contributed by atoms with Gasteiger partial charge in [0.1, 0.15) is 12.6 Å². The highest BCUT2D eigenvalue weighted by Gasteiger charge is 2.33. The molecule has 0 radical (unpaired) electrons. The topological polar surface area (TPSA) is 86.8 Å². The van der Waals surface area contributed by atoms with Gasteiger partial charge in [0.15, 0.2) is 0 Å². The number of benzene rings is 3. The van der Waals surface area contributed by atoms with Gasteiger partial charge in [-0.05, 0) is 48.2 Å². The quantitative estimate of drug-likeness (QED) is 0.314. The maximum absolute atomic E-state index is 14.0. The maximum atomic E-state index is 14.0. The van der Waals surface area contributed by atoms with Crippen molar-refractivity contribution in [3.05, 3.63) is 100 Å². The van der Waals surface area contributed by atoms with Crippen molar-refractivity contribution in [2.75, 3.05) is 23.7 Å². The first-order valence-corrected chi connectivity index (χ1v) is 15.5. The number of hydrogen-bond donors (Lipinski definition) is 1. The Hall–Kier alpha value is -3.17. The Morgan fingerprint density at radius 1 is 0.897 bits per heavy atom. The lowest BCUT2D eigenvalue weighted by Crippen LogP contribution is -2.53. The number of carbonyl (C=O) groups excluding carboxylic acids is 2. The fourth-order valence-electron chi connectivity index (χ4n) is 4.09. The number of halogens is 1. The minimum absolute atomic E-state index is 0.143. The molecule has 0 aliphatic carbocycles. The van der Waals surface area contributed by atoms with Crippen LogP contribution < -0.4 is 9.62 Å². The number of sulfonamides is 1. The molecule has 9 heteroatoms. The molecule has 0 saturated heterocycles. The number of rotatable bonds is 12. The Bertz CT molecular complexity index is 1350. The summed E-state index contributed by atoms with van der Waals surface area (Å²) in [7, 11) is -3.79. The molecular weight excluding hydrogens is 578 g/mol. The third-order valence-electron chi connectivity index (χ3n) is 6.22. The predicted molar refractivity (Wildman–Crippen MR) is 160 cm³/mol. The molecule has 1 unspecified atom stereocenters. The van der Waals surface area contributed by atoms with E-state index in [0.717, 1.165) is 31.7 Å². The number of nitrogens with zero attached hydrogens (tertiary/aromatic N) is 2. The van der Waals surface area contributed by atoms with Crippen LogP contribution in [-0.4, -0.2) is 50.5 Å². The molecule has 3 aromatic carbocycles. The van der Waals surface area contributed by atoms with Crippen LogP contribution in [0.3, 0.4) is 0 Å². The lowest BCUT2D eigenvalue weighted by Gasteiger charge is -2.33. The molecule has 208 valence electrons. The summed E-state index contributed by atoms with van der Waals surface area (Å²) < 4.78 is 27.6. The zero-order valence-electron chi connectivity index (χ0n) is 22.8. The molecule has 0 aromatic heterocycles. The summed E-state index contributed by atoms with van der Waals surface area (Å²) >= 11 is 3.44. The van der Waals surface area contributed by atoms with Gasteiger partial charge in [-0.15, -0.1) is 0 Å². The van der Waals surface area contributed by atoms with Crippen molar-refractivity contribution >= 4 is 43.5 Å². The summed E-state index contributed by atoms with van der Waals surface area (Å²) in [6, 6.07) is 23.1. The smallest absolute Gasteiger partial charge is 0.244 e. The molecule has 3 rings (SSSR count). The van der Waals surface area contributed by atoms with Gasteiger partial charge in [0, 0.05) is 24.0 Å². The van der Waals surface area contributed by atoms with Gasteiger partial charge in [0.05, 0.1) is 11.9 Å². The van der Waals surface area contributed by atoms with Crippen LogP contribution in [0, 0.1) is 12.8 Å². The fourth-order valence-corrected chi connectivity index (χ4v) is 5.20.